The van der Waals surface area contributed by atoms with Crippen LogP contribution in [0.25, 0.3) is 10.3 Å². The second kappa shape index (κ2) is 2.96. The molecule has 3 nitrogen and oxygen atoms in total. The molecule has 0 unspecified atom stereocenters. The summed E-state index contributed by atoms with van der Waals surface area (Å²) in [5, 5.41) is 1.07. The molecule has 0 amide bonds. The van der Waals surface area contributed by atoms with Crippen LogP contribution in [0, 0.1) is 0 Å². The molecular weight excluding hydrogens is 184 g/mol. The highest BCUT2D eigenvalue weighted by molar-refractivity contribution is 7.18. The van der Waals surface area contributed by atoms with Gasteiger partial charge in [0.15, 0.2) is 5.65 Å². The monoisotopic (exact) mass is 194 g/mol. The summed E-state index contributed by atoms with van der Waals surface area (Å²) >= 11 is 1.63. The summed E-state index contributed by atoms with van der Waals surface area (Å²) in [6.45, 7) is 4.19. The standard InChI is InChI=1S/C9H10N2OS/c1-5(2)9-11-8-6(13-9)3-4-7(12)10-8/h3-5H,1-2H3,(H,10,12). The van der Waals surface area contributed by atoms with Gasteiger partial charge in [-0.1, -0.05) is 13.8 Å². The molecule has 0 saturated carbocycles. The first kappa shape index (κ1) is 8.44. The van der Waals surface area contributed by atoms with Crippen LogP contribution in [0.1, 0.15) is 24.8 Å². The number of rotatable bonds is 1. The van der Waals surface area contributed by atoms with Gasteiger partial charge in [0.05, 0.1) is 9.71 Å². The van der Waals surface area contributed by atoms with Gasteiger partial charge in [-0.15, -0.1) is 11.3 Å². The lowest BCUT2D eigenvalue weighted by Crippen LogP contribution is -2.01. The number of aromatic amines is 1. The molecule has 2 rings (SSSR count). The van der Waals surface area contributed by atoms with Gasteiger partial charge in [-0.25, -0.2) is 4.98 Å². The Morgan fingerprint density at radius 3 is 2.92 bits per heavy atom. The van der Waals surface area contributed by atoms with E-state index >= 15 is 0 Å². The molecule has 2 heterocycles. The normalized spacial score (nSPS) is 11.3. The van der Waals surface area contributed by atoms with Crippen LogP contribution in [-0.4, -0.2) is 9.97 Å². The zero-order valence-corrected chi connectivity index (χ0v) is 8.31. The third-order valence-corrected chi connectivity index (χ3v) is 3.11. The maximum atomic E-state index is 11.0. The Bertz CT molecular complexity index is 484. The molecule has 0 aromatic carbocycles. The van der Waals surface area contributed by atoms with Gasteiger partial charge < -0.3 is 4.98 Å². The molecule has 0 bridgehead atoms. The molecule has 1 N–H and O–H groups in total. The number of nitrogens with zero attached hydrogens (tertiary/aromatic N) is 1. The first-order valence-corrected chi connectivity index (χ1v) is 4.98. The molecule has 0 radical (unpaired) electrons. The van der Waals surface area contributed by atoms with Gasteiger partial charge in [0, 0.05) is 12.0 Å². The van der Waals surface area contributed by atoms with Crippen molar-refractivity contribution in [2.45, 2.75) is 19.8 Å². The lowest BCUT2D eigenvalue weighted by Gasteiger charge is -1.94. The fourth-order valence-corrected chi connectivity index (χ4v) is 2.04. The molecule has 13 heavy (non-hydrogen) atoms. The van der Waals surface area contributed by atoms with Gasteiger partial charge in [0.25, 0.3) is 0 Å². The third-order valence-electron chi connectivity index (χ3n) is 1.79. The molecule has 2 aromatic rings. The number of H-pyrrole nitrogens is 1. The van der Waals surface area contributed by atoms with Gasteiger partial charge in [0.1, 0.15) is 0 Å². The van der Waals surface area contributed by atoms with E-state index in [1.165, 1.54) is 6.07 Å². The SMILES string of the molecule is CC(C)c1nc2[nH]c(=O)ccc2s1. The first-order valence-electron chi connectivity index (χ1n) is 4.16. The summed E-state index contributed by atoms with van der Waals surface area (Å²) in [4.78, 5) is 18.0. The van der Waals surface area contributed by atoms with Crippen LogP contribution in [0.15, 0.2) is 16.9 Å². The van der Waals surface area contributed by atoms with Gasteiger partial charge >= 0.3 is 0 Å². The lowest BCUT2D eigenvalue weighted by molar-refractivity contribution is 0.855. The topological polar surface area (TPSA) is 45.8 Å². The predicted octanol–water partition coefficient (Wildman–Crippen LogP) is 2.11. The van der Waals surface area contributed by atoms with Crippen LogP contribution in [-0.2, 0) is 0 Å². The number of hydrogen-bond acceptors (Lipinski definition) is 3. The summed E-state index contributed by atoms with van der Waals surface area (Å²) in [7, 11) is 0. The van der Waals surface area contributed by atoms with E-state index in [9.17, 15) is 4.79 Å². The molecule has 4 heteroatoms. The Morgan fingerprint density at radius 2 is 2.23 bits per heavy atom. The summed E-state index contributed by atoms with van der Waals surface area (Å²) in [5.74, 6) is 0.418. The minimum Gasteiger partial charge on any atom is -0.306 e. The molecule has 0 aliphatic rings. The Morgan fingerprint density at radius 1 is 1.46 bits per heavy atom. The Hall–Kier alpha value is -1.16. The summed E-state index contributed by atoms with van der Waals surface area (Å²) in [6.07, 6.45) is 0. The van der Waals surface area contributed by atoms with E-state index < -0.39 is 0 Å². The average molecular weight is 194 g/mol. The van der Waals surface area contributed by atoms with Crippen LogP contribution >= 0.6 is 11.3 Å². The van der Waals surface area contributed by atoms with Crippen molar-refractivity contribution in [2.24, 2.45) is 0 Å². The largest absolute Gasteiger partial charge is 0.306 e. The van der Waals surface area contributed by atoms with Gasteiger partial charge in [-0.3, -0.25) is 4.79 Å². The van der Waals surface area contributed by atoms with E-state index in [0.717, 1.165) is 9.71 Å². The number of hydrogen-bond donors (Lipinski definition) is 1. The summed E-state index contributed by atoms with van der Waals surface area (Å²) in [5.41, 5.74) is 0.620. The number of thiazole rings is 1. The molecule has 0 fully saturated rings. The number of fused-ring (bicyclic) bond motifs is 1. The molecule has 2 aromatic heterocycles. The Labute approximate surface area is 79.4 Å². The van der Waals surface area contributed by atoms with E-state index in [0.29, 0.717) is 11.6 Å². The minimum absolute atomic E-state index is 0.0897. The van der Waals surface area contributed by atoms with Crippen molar-refractivity contribution in [1.29, 1.82) is 0 Å². The smallest absolute Gasteiger partial charge is 0.249 e. The zero-order valence-electron chi connectivity index (χ0n) is 7.50. The van der Waals surface area contributed by atoms with Crippen LogP contribution in [0.2, 0.25) is 0 Å². The maximum absolute atomic E-state index is 11.0. The molecule has 68 valence electrons. The van der Waals surface area contributed by atoms with Crippen LogP contribution in [0.5, 0.6) is 0 Å². The first-order chi connectivity index (χ1) is 6.16. The molecular formula is C9H10N2OS. The van der Waals surface area contributed by atoms with Crippen molar-refractivity contribution in [1.82, 2.24) is 9.97 Å². The van der Waals surface area contributed by atoms with E-state index in [4.69, 9.17) is 0 Å². The second-order valence-corrected chi connectivity index (χ2v) is 4.30. The highest BCUT2D eigenvalue weighted by atomic mass is 32.1. The van der Waals surface area contributed by atoms with Crippen LogP contribution < -0.4 is 5.56 Å². The Kier molecular flexibility index (Phi) is 1.92. The van der Waals surface area contributed by atoms with Crippen molar-refractivity contribution >= 4 is 21.7 Å². The highest BCUT2D eigenvalue weighted by Crippen LogP contribution is 2.24. The van der Waals surface area contributed by atoms with Crippen LogP contribution in [0.4, 0.5) is 0 Å². The molecule has 0 aliphatic heterocycles. The van der Waals surface area contributed by atoms with Crippen molar-refractivity contribution in [3.63, 3.8) is 0 Å². The van der Waals surface area contributed by atoms with Gasteiger partial charge in [0.2, 0.25) is 5.56 Å². The van der Waals surface area contributed by atoms with Crippen molar-refractivity contribution in [3.05, 3.63) is 27.5 Å². The quantitative estimate of drug-likeness (QED) is 0.755. The average Bonchev–Trinajstić information content (AvgIpc) is 2.46. The molecule has 0 aliphatic carbocycles. The number of aromatic nitrogens is 2. The van der Waals surface area contributed by atoms with Gasteiger partial charge in [-0.05, 0) is 6.07 Å². The molecule has 0 spiro atoms. The van der Waals surface area contributed by atoms with E-state index in [2.05, 4.69) is 23.8 Å². The Balaban J connectivity index is 2.69. The number of pyridine rings is 1. The van der Waals surface area contributed by atoms with Crippen molar-refractivity contribution in [3.8, 4) is 0 Å². The summed E-state index contributed by atoms with van der Waals surface area (Å²) in [6, 6.07) is 3.35. The number of nitrogens with one attached hydrogen (secondary N) is 1. The van der Waals surface area contributed by atoms with Crippen molar-refractivity contribution < 1.29 is 0 Å². The van der Waals surface area contributed by atoms with Crippen molar-refractivity contribution in [2.75, 3.05) is 0 Å². The van der Waals surface area contributed by atoms with E-state index in [-0.39, 0.29) is 5.56 Å². The predicted molar refractivity (Wildman–Crippen MR) is 54.3 cm³/mol. The highest BCUT2D eigenvalue weighted by Gasteiger charge is 2.06. The van der Waals surface area contributed by atoms with Crippen LogP contribution in [0.3, 0.4) is 0 Å². The fraction of sp³-hybridized carbons (Fsp3) is 0.333. The van der Waals surface area contributed by atoms with E-state index in [1.807, 2.05) is 6.07 Å². The zero-order chi connectivity index (χ0) is 9.42. The van der Waals surface area contributed by atoms with Gasteiger partial charge in [-0.2, -0.15) is 0 Å². The summed E-state index contributed by atoms with van der Waals surface area (Å²) < 4.78 is 1.04. The molecule has 0 atom stereocenters. The van der Waals surface area contributed by atoms with E-state index in [1.54, 1.807) is 11.3 Å². The second-order valence-electron chi connectivity index (χ2n) is 3.24. The fourth-order valence-electron chi connectivity index (χ4n) is 1.11. The lowest BCUT2D eigenvalue weighted by atomic mass is 10.2. The third kappa shape index (κ3) is 1.49. The molecule has 0 saturated heterocycles. The maximum Gasteiger partial charge on any atom is 0.249 e. The minimum atomic E-state index is -0.0897.